The van der Waals surface area contributed by atoms with Gasteiger partial charge < -0.3 is 5.73 Å². The summed E-state index contributed by atoms with van der Waals surface area (Å²) in [5.41, 5.74) is 6.39. The monoisotopic (exact) mass is 139 g/mol. The second-order valence-electron chi connectivity index (χ2n) is 4.35. The zero-order valence-corrected chi connectivity index (χ0v) is 6.77. The highest BCUT2D eigenvalue weighted by Gasteiger charge is 2.55. The number of rotatable bonds is 1. The molecule has 2 N–H and O–H groups in total. The van der Waals surface area contributed by atoms with Crippen molar-refractivity contribution in [3.05, 3.63) is 0 Å². The molecule has 0 aromatic heterocycles. The van der Waals surface area contributed by atoms with E-state index in [-0.39, 0.29) is 0 Å². The second-order valence-corrected chi connectivity index (χ2v) is 4.35. The van der Waals surface area contributed by atoms with E-state index in [0.29, 0.717) is 0 Å². The molecule has 0 saturated heterocycles. The van der Waals surface area contributed by atoms with Gasteiger partial charge in [-0.25, -0.2) is 0 Å². The molecule has 58 valence electrons. The molecule has 3 unspecified atom stereocenters. The molecular formula is C9H17N. The van der Waals surface area contributed by atoms with Gasteiger partial charge in [0.15, 0.2) is 0 Å². The van der Waals surface area contributed by atoms with Crippen molar-refractivity contribution in [2.24, 2.45) is 23.0 Å². The SMILES string of the molecule is CC1CCC2(C1)CC2CN. The van der Waals surface area contributed by atoms with Gasteiger partial charge in [-0.3, -0.25) is 0 Å². The van der Waals surface area contributed by atoms with Crippen LogP contribution in [-0.2, 0) is 0 Å². The van der Waals surface area contributed by atoms with Gasteiger partial charge in [0.1, 0.15) is 0 Å². The zero-order chi connectivity index (χ0) is 7.19. The first-order chi connectivity index (χ1) is 4.77. The van der Waals surface area contributed by atoms with Gasteiger partial charge in [-0.1, -0.05) is 13.3 Å². The molecule has 3 atom stereocenters. The van der Waals surface area contributed by atoms with Gasteiger partial charge in [0.05, 0.1) is 0 Å². The number of hydrogen-bond acceptors (Lipinski definition) is 1. The van der Waals surface area contributed by atoms with E-state index in [1.54, 1.807) is 0 Å². The summed E-state index contributed by atoms with van der Waals surface area (Å²) in [6, 6.07) is 0. The fourth-order valence-electron chi connectivity index (χ4n) is 2.75. The summed E-state index contributed by atoms with van der Waals surface area (Å²) in [4.78, 5) is 0. The largest absolute Gasteiger partial charge is 0.330 e. The Morgan fingerprint density at radius 3 is 2.70 bits per heavy atom. The molecule has 0 bridgehead atoms. The van der Waals surface area contributed by atoms with E-state index in [0.717, 1.165) is 23.8 Å². The van der Waals surface area contributed by atoms with Gasteiger partial charge in [0, 0.05) is 0 Å². The van der Waals surface area contributed by atoms with Gasteiger partial charge in [-0.15, -0.1) is 0 Å². The van der Waals surface area contributed by atoms with Crippen LogP contribution in [0, 0.1) is 17.3 Å². The maximum absolute atomic E-state index is 5.63. The smallest absolute Gasteiger partial charge is 0.00433 e. The molecule has 2 saturated carbocycles. The minimum Gasteiger partial charge on any atom is -0.330 e. The molecule has 0 aliphatic heterocycles. The Labute approximate surface area is 63.0 Å². The van der Waals surface area contributed by atoms with Gasteiger partial charge >= 0.3 is 0 Å². The van der Waals surface area contributed by atoms with E-state index in [9.17, 15) is 0 Å². The lowest BCUT2D eigenvalue weighted by Gasteiger charge is -2.05. The van der Waals surface area contributed by atoms with Crippen LogP contribution in [0.25, 0.3) is 0 Å². The fraction of sp³-hybridized carbons (Fsp3) is 1.00. The summed E-state index contributed by atoms with van der Waals surface area (Å²) < 4.78 is 0. The summed E-state index contributed by atoms with van der Waals surface area (Å²) in [6.07, 6.45) is 5.83. The van der Waals surface area contributed by atoms with Crippen LogP contribution in [0.15, 0.2) is 0 Å². The van der Waals surface area contributed by atoms with E-state index in [1.165, 1.54) is 25.7 Å². The third-order valence-electron chi connectivity index (χ3n) is 3.53. The molecule has 0 amide bonds. The van der Waals surface area contributed by atoms with E-state index < -0.39 is 0 Å². The van der Waals surface area contributed by atoms with Crippen LogP contribution in [0.2, 0.25) is 0 Å². The minimum atomic E-state index is 0.758. The summed E-state index contributed by atoms with van der Waals surface area (Å²) >= 11 is 0. The predicted octanol–water partition coefficient (Wildman–Crippen LogP) is 1.77. The molecule has 1 nitrogen and oxygen atoms in total. The third kappa shape index (κ3) is 0.800. The van der Waals surface area contributed by atoms with Crippen molar-refractivity contribution in [1.29, 1.82) is 0 Å². The maximum Gasteiger partial charge on any atom is -0.00433 e. The Morgan fingerprint density at radius 2 is 2.30 bits per heavy atom. The average molecular weight is 139 g/mol. The average Bonchev–Trinajstić information content (AvgIpc) is 2.46. The second kappa shape index (κ2) is 1.97. The molecule has 2 fully saturated rings. The summed E-state index contributed by atoms with van der Waals surface area (Å²) in [6.45, 7) is 3.31. The zero-order valence-electron chi connectivity index (χ0n) is 6.77. The van der Waals surface area contributed by atoms with E-state index >= 15 is 0 Å². The molecule has 0 aromatic rings. The van der Waals surface area contributed by atoms with Crippen LogP contribution >= 0.6 is 0 Å². The van der Waals surface area contributed by atoms with Gasteiger partial charge in [-0.05, 0) is 43.1 Å². The summed E-state index contributed by atoms with van der Waals surface area (Å²) in [5, 5.41) is 0. The van der Waals surface area contributed by atoms with E-state index in [1.807, 2.05) is 0 Å². The third-order valence-corrected chi connectivity index (χ3v) is 3.53. The normalized spacial score (nSPS) is 52.2. The highest BCUT2D eigenvalue weighted by Crippen LogP contribution is 2.63. The topological polar surface area (TPSA) is 26.0 Å². The van der Waals surface area contributed by atoms with Crippen molar-refractivity contribution >= 4 is 0 Å². The molecule has 2 aliphatic rings. The molecule has 0 aromatic carbocycles. The molecule has 10 heavy (non-hydrogen) atoms. The molecule has 0 radical (unpaired) electrons. The first kappa shape index (κ1) is 6.66. The van der Waals surface area contributed by atoms with Crippen molar-refractivity contribution in [2.75, 3.05) is 6.54 Å². The van der Waals surface area contributed by atoms with E-state index in [2.05, 4.69) is 6.92 Å². The quantitative estimate of drug-likeness (QED) is 0.588. The lowest BCUT2D eigenvalue weighted by atomic mass is 10.0. The fourth-order valence-corrected chi connectivity index (χ4v) is 2.75. The summed E-state index contributed by atoms with van der Waals surface area (Å²) in [5.74, 6) is 1.88. The molecule has 2 rings (SSSR count). The van der Waals surface area contributed by atoms with Crippen LogP contribution in [-0.4, -0.2) is 6.54 Å². The van der Waals surface area contributed by atoms with Crippen LogP contribution in [0.1, 0.15) is 32.6 Å². The molecule has 2 aliphatic carbocycles. The lowest BCUT2D eigenvalue weighted by molar-refractivity contribution is 0.452. The number of hydrogen-bond donors (Lipinski definition) is 1. The molecule has 1 spiro atoms. The van der Waals surface area contributed by atoms with Crippen LogP contribution in [0.4, 0.5) is 0 Å². The van der Waals surface area contributed by atoms with Crippen molar-refractivity contribution in [3.8, 4) is 0 Å². The van der Waals surface area contributed by atoms with Crippen LogP contribution in [0.3, 0.4) is 0 Å². The Bertz CT molecular complexity index is 144. The van der Waals surface area contributed by atoms with Gasteiger partial charge in [0.25, 0.3) is 0 Å². The Kier molecular flexibility index (Phi) is 1.31. The van der Waals surface area contributed by atoms with E-state index in [4.69, 9.17) is 5.73 Å². The van der Waals surface area contributed by atoms with Crippen molar-refractivity contribution in [2.45, 2.75) is 32.6 Å². The first-order valence-electron chi connectivity index (χ1n) is 4.47. The van der Waals surface area contributed by atoms with Crippen LogP contribution < -0.4 is 5.73 Å². The van der Waals surface area contributed by atoms with Crippen molar-refractivity contribution in [1.82, 2.24) is 0 Å². The summed E-state index contributed by atoms with van der Waals surface area (Å²) in [7, 11) is 0. The predicted molar refractivity (Wildman–Crippen MR) is 42.6 cm³/mol. The van der Waals surface area contributed by atoms with Gasteiger partial charge in [0.2, 0.25) is 0 Å². The maximum atomic E-state index is 5.63. The molecule has 1 heteroatoms. The Hall–Kier alpha value is -0.0400. The molecular weight excluding hydrogens is 122 g/mol. The lowest BCUT2D eigenvalue weighted by Crippen LogP contribution is -2.08. The Balaban J connectivity index is 1.96. The highest BCUT2D eigenvalue weighted by molar-refractivity contribution is 5.06. The van der Waals surface area contributed by atoms with Crippen molar-refractivity contribution < 1.29 is 0 Å². The first-order valence-corrected chi connectivity index (χ1v) is 4.47. The van der Waals surface area contributed by atoms with Gasteiger partial charge in [-0.2, -0.15) is 0 Å². The highest BCUT2D eigenvalue weighted by atomic mass is 14.7. The molecule has 0 heterocycles. The standard InChI is InChI=1S/C9H17N/c1-7-2-3-9(4-7)5-8(9)6-10/h7-8H,2-6,10H2,1H3. The van der Waals surface area contributed by atoms with Crippen LogP contribution in [0.5, 0.6) is 0 Å². The van der Waals surface area contributed by atoms with Crippen molar-refractivity contribution in [3.63, 3.8) is 0 Å². The number of nitrogens with two attached hydrogens (primary N) is 1. The minimum absolute atomic E-state index is 0.758. The Morgan fingerprint density at radius 1 is 1.50 bits per heavy atom.